The van der Waals surface area contributed by atoms with Crippen molar-refractivity contribution in [3.05, 3.63) is 76.9 Å². The Balaban J connectivity index is 1.25. The van der Waals surface area contributed by atoms with Crippen LogP contribution >= 0.6 is 11.3 Å². The number of rotatable bonds is 6. The van der Waals surface area contributed by atoms with Crippen LogP contribution in [-0.2, 0) is 16.0 Å². The molecule has 4 aromatic rings. The van der Waals surface area contributed by atoms with E-state index in [1.165, 1.54) is 11.3 Å². The first-order chi connectivity index (χ1) is 18.5. The van der Waals surface area contributed by atoms with Crippen molar-refractivity contribution in [1.29, 1.82) is 0 Å². The topological polar surface area (TPSA) is 142 Å². The van der Waals surface area contributed by atoms with Crippen LogP contribution in [0.4, 0.5) is 10.7 Å². The van der Waals surface area contributed by atoms with Gasteiger partial charge in [-0.15, -0.1) is 11.3 Å². The van der Waals surface area contributed by atoms with Gasteiger partial charge in [-0.25, -0.2) is 5.01 Å². The number of aromatic nitrogens is 2. The molecule has 1 fully saturated rings. The van der Waals surface area contributed by atoms with E-state index in [1.54, 1.807) is 23.2 Å². The highest BCUT2D eigenvalue weighted by atomic mass is 32.1. The number of fused-ring (bicyclic) bond motifs is 3. The molecular formula is C27H24N6O4S. The minimum Gasteiger partial charge on any atom is -0.398 e. The molecule has 10 nitrogen and oxygen atoms in total. The van der Waals surface area contributed by atoms with Gasteiger partial charge in [-0.3, -0.25) is 24.9 Å². The zero-order valence-electron chi connectivity index (χ0n) is 20.2. The fourth-order valence-corrected chi connectivity index (χ4v) is 5.66. The number of ether oxygens (including phenoxy) is 1. The molecule has 2 aromatic carbocycles. The second-order valence-electron chi connectivity index (χ2n) is 9.02. The normalized spacial score (nSPS) is 14.7. The number of anilines is 2. The van der Waals surface area contributed by atoms with Crippen LogP contribution in [0.2, 0.25) is 0 Å². The Morgan fingerprint density at radius 1 is 1.05 bits per heavy atom. The molecule has 0 unspecified atom stereocenters. The summed E-state index contributed by atoms with van der Waals surface area (Å²) in [6.07, 6.45) is 0.262. The lowest BCUT2D eigenvalue weighted by molar-refractivity contribution is -0.115. The largest absolute Gasteiger partial charge is 0.398 e. The third-order valence-corrected chi connectivity index (χ3v) is 7.55. The molecule has 0 atom stereocenters. The van der Waals surface area contributed by atoms with Gasteiger partial charge in [-0.2, -0.15) is 5.10 Å². The number of thiophene rings is 1. The average molecular weight is 529 g/mol. The Kier molecular flexibility index (Phi) is 6.24. The maximum Gasteiger partial charge on any atom is 0.268 e. The van der Waals surface area contributed by atoms with E-state index in [-0.39, 0.29) is 34.9 Å². The first-order valence-corrected chi connectivity index (χ1v) is 12.9. The number of benzene rings is 2. The number of ketones is 1. The third kappa shape index (κ3) is 4.36. The number of hydrogen-bond donors (Lipinski definition) is 4. The second kappa shape index (κ2) is 9.86. The summed E-state index contributed by atoms with van der Waals surface area (Å²) < 4.78 is 5.33. The first kappa shape index (κ1) is 24.0. The summed E-state index contributed by atoms with van der Waals surface area (Å²) in [6, 6.07) is 16.5. The smallest absolute Gasteiger partial charge is 0.268 e. The standard InChI is InChI=1S/C27H24N6O4S/c28-17-7-6-16-21(22(17)27(36)32-33-10-12-37-13-11-33)26(35)23-24(16)30-31-25(23)18-8-9-20(38-18)29-19(34)14-15-4-2-1-3-5-15/h1-9H,10-14,28H2,(H,29,34)(H,30,31)(H,32,36). The predicted molar refractivity (Wildman–Crippen MR) is 144 cm³/mol. The van der Waals surface area contributed by atoms with Crippen molar-refractivity contribution in [3.63, 3.8) is 0 Å². The van der Waals surface area contributed by atoms with E-state index >= 15 is 0 Å². The summed E-state index contributed by atoms with van der Waals surface area (Å²) in [7, 11) is 0. The first-order valence-electron chi connectivity index (χ1n) is 12.1. The van der Waals surface area contributed by atoms with E-state index < -0.39 is 5.91 Å². The van der Waals surface area contributed by atoms with Crippen LogP contribution in [0.25, 0.3) is 21.8 Å². The number of hydrogen-bond acceptors (Lipinski definition) is 8. The molecule has 3 heterocycles. The van der Waals surface area contributed by atoms with Crippen molar-refractivity contribution in [2.24, 2.45) is 0 Å². The van der Waals surface area contributed by atoms with Crippen LogP contribution in [0.15, 0.2) is 54.6 Å². The number of nitrogens with two attached hydrogens (primary N) is 1. The molecule has 38 heavy (non-hydrogen) atoms. The predicted octanol–water partition coefficient (Wildman–Crippen LogP) is 3.09. The quantitative estimate of drug-likeness (QED) is 0.248. The van der Waals surface area contributed by atoms with Gasteiger partial charge in [0.2, 0.25) is 5.91 Å². The molecule has 11 heteroatoms. The number of aromatic amines is 1. The Morgan fingerprint density at radius 2 is 1.84 bits per heavy atom. The van der Waals surface area contributed by atoms with Gasteiger partial charge in [0.1, 0.15) is 5.69 Å². The molecule has 2 aliphatic rings. The van der Waals surface area contributed by atoms with E-state index in [1.807, 2.05) is 36.4 Å². The molecule has 0 saturated carbocycles. The molecule has 192 valence electrons. The highest BCUT2D eigenvalue weighted by molar-refractivity contribution is 7.19. The molecule has 2 aromatic heterocycles. The molecule has 1 aliphatic heterocycles. The Labute approximate surface area is 221 Å². The number of morpholine rings is 1. The molecule has 1 saturated heterocycles. The fraction of sp³-hybridized carbons (Fsp3) is 0.185. The van der Waals surface area contributed by atoms with Crippen molar-refractivity contribution >= 4 is 39.6 Å². The molecule has 0 radical (unpaired) electrons. The summed E-state index contributed by atoms with van der Waals surface area (Å²) in [5.41, 5.74) is 12.5. The van der Waals surface area contributed by atoms with Crippen LogP contribution in [0, 0.1) is 0 Å². The number of H-pyrrole nitrogens is 1. The second-order valence-corrected chi connectivity index (χ2v) is 10.1. The molecule has 0 bridgehead atoms. The third-order valence-electron chi connectivity index (χ3n) is 6.53. The van der Waals surface area contributed by atoms with Crippen molar-refractivity contribution in [1.82, 2.24) is 20.6 Å². The Bertz CT molecular complexity index is 1560. The summed E-state index contributed by atoms with van der Waals surface area (Å²) in [6.45, 7) is 2.11. The zero-order valence-corrected chi connectivity index (χ0v) is 21.1. The lowest BCUT2D eigenvalue weighted by Crippen LogP contribution is -2.48. The maximum absolute atomic E-state index is 13.7. The molecule has 1 aliphatic carbocycles. The van der Waals surface area contributed by atoms with Gasteiger partial charge < -0.3 is 15.8 Å². The van der Waals surface area contributed by atoms with Gasteiger partial charge in [0, 0.05) is 29.9 Å². The molecular weight excluding hydrogens is 504 g/mol. The number of nitrogens with zero attached hydrogens (tertiary/aromatic N) is 2. The summed E-state index contributed by atoms with van der Waals surface area (Å²) in [4.78, 5) is 40.2. The van der Waals surface area contributed by atoms with Crippen LogP contribution in [0.5, 0.6) is 0 Å². The minimum atomic E-state index is -0.440. The lowest BCUT2D eigenvalue weighted by Gasteiger charge is -2.27. The zero-order chi connectivity index (χ0) is 26.2. The maximum atomic E-state index is 13.7. The Morgan fingerprint density at radius 3 is 2.63 bits per heavy atom. The van der Waals surface area contributed by atoms with Crippen molar-refractivity contribution in [2.75, 3.05) is 37.4 Å². The summed E-state index contributed by atoms with van der Waals surface area (Å²) in [5, 5.41) is 12.7. The molecule has 0 spiro atoms. The number of hydrazine groups is 1. The fourth-order valence-electron chi connectivity index (χ4n) is 4.73. The average Bonchev–Trinajstić information content (AvgIpc) is 3.62. The van der Waals surface area contributed by atoms with E-state index in [0.717, 1.165) is 10.4 Å². The number of nitrogen functional groups attached to an aromatic ring is 1. The Hall–Kier alpha value is -4.32. The monoisotopic (exact) mass is 528 g/mol. The number of carbonyl (C=O) groups is 3. The highest BCUT2D eigenvalue weighted by Gasteiger charge is 2.38. The van der Waals surface area contributed by atoms with Crippen molar-refractivity contribution in [3.8, 4) is 21.8 Å². The van der Waals surface area contributed by atoms with E-state index in [9.17, 15) is 14.4 Å². The van der Waals surface area contributed by atoms with E-state index in [2.05, 4.69) is 20.9 Å². The molecule has 6 rings (SSSR count). The van der Waals surface area contributed by atoms with Crippen LogP contribution in [-0.4, -0.2) is 59.1 Å². The van der Waals surface area contributed by atoms with Crippen LogP contribution in [0.1, 0.15) is 31.8 Å². The van der Waals surface area contributed by atoms with Crippen LogP contribution in [0.3, 0.4) is 0 Å². The number of nitrogens with one attached hydrogen (secondary N) is 3. The highest BCUT2D eigenvalue weighted by Crippen LogP contribution is 2.44. The SMILES string of the molecule is Nc1ccc2c(c1C(=O)NN1CCOCC1)C(=O)c1c-2n[nH]c1-c1ccc(NC(=O)Cc2ccccc2)s1. The van der Waals surface area contributed by atoms with Gasteiger partial charge in [-0.05, 0) is 29.8 Å². The van der Waals surface area contributed by atoms with Crippen molar-refractivity contribution < 1.29 is 19.1 Å². The van der Waals surface area contributed by atoms with Gasteiger partial charge in [0.05, 0.1) is 46.3 Å². The van der Waals surface area contributed by atoms with Gasteiger partial charge in [0.25, 0.3) is 5.91 Å². The summed E-state index contributed by atoms with van der Waals surface area (Å²) >= 11 is 1.34. The number of carbonyl (C=O) groups excluding carboxylic acids is 3. The minimum absolute atomic E-state index is 0.130. The molecule has 2 amide bonds. The number of amides is 2. The summed E-state index contributed by atoms with van der Waals surface area (Å²) in [5.74, 6) is -0.889. The van der Waals surface area contributed by atoms with Crippen molar-refractivity contribution in [2.45, 2.75) is 6.42 Å². The lowest BCUT2D eigenvalue weighted by atomic mass is 9.99. The van der Waals surface area contributed by atoms with Gasteiger partial charge >= 0.3 is 0 Å². The van der Waals surface area contributed by atoms with E-state index in [0.29, 0.717) is 53.8 Å². The van der Waals surface area contributed by atoms with Gasteiger partial charge in [-0.1, -0.05) is 30.3 Å². The van der Waals surface area contributed by atoms with E-state index in [4.69, 9.17) is 10.5 Å². The van der Waals surface area contributed by atoms with Crippen LogP contribution < -0.4 is 16.5 Å². The van der Waals surface area contributed by atoms with Gasteiger partial charge in [0.15, 0.2) is 5.78 Å². The molecule has 5 N–H and O–H groups in total.